The molecule has 140 valence electrons. The number of thiazole rings is 1. The SMILES string of the molecule is CCN(Cc1ccccc1)C(=O)COC(=O)Cc1csc(-c2ccsc2)n1. The second-order valence-electron chi connectivity index (χ2n) is 5.89. The number of esters is 1. The van der Waals surface area contributed by atoms with E-state index in [0.29, 0.717) is 18.8 Å². The molecule has 3 aromatic rings. The van der Waals surface area contributed by atoms with Crippen LogP contribution in [-0.4, -0.2) is 34.9 Å². The molecule has 1 aromatic carbocycles. The smallest absolute Gasteiger partial charge is 0.312 e. The fourth-order valence-electron chi connectivity index (χ4n) is 2.52. The van der Waals surface area contributed by atoms with Gasteiger partial charge in [0.2, 0.25) is 0 Å². The van der Waals surface area contributed by atoms with Crippen LogP contribution >= 0.6 is 22.7 Å². The van der Waals surface area contributed by atoms with E-state index in [4.69, 9.17) is 4.74 Å². The number of benzene rings is 1. The Morgan fingerprint density at radius 1 is 1.15 bits per heavy atom. The van der Waals surface area contributed by atoms with Crippen molar-refractivity contribution in [3.63, 3.8) is 0 Å². The third-order valence-electron chi connectivity index (χ3n) is 3.95. The van der Waals surface area contributed by atoms with Crippen LogP contribution in [0.25, 0.3) is 10.6 Å². The molecule has 0 bridgehead atoms. The van der Waals surface area contributed by atoms with Gasteiger partial charge in [-0.2, -0.15) is 11.3 Å². The average molecular weight is 401 g/mol. The predicted octanol–water partition coefficient (Wildman–Crippen LogP) is 4.01. The molecule has 2 heterocycles. The lowest BCUT2D eigenvalue weighted by Crippen LogP contribution is -2.34. The fourth-order valence-corrected chi connectivity index (χ4v) is 4.05. The van der Waals surface area contributed by atoms with Gasteiger partial charge in [0.25, 0.3) is 5.91 Å². The lowest BCUT2D eigenvalue weighted by atomic mass is 10.2. The summed E-state index contributed by atoms with van der Waals surface area (Å²) in [6.45, 7) is 2.72. The van der Waals surface area contributed by atoms with Gasteiger partial charge < -0.3 is 9.64 Å². The Bertz CT molecular complexity index is 876. The Kier molecular flexibility index (Phi) is 6.73. The third kappa shape index (κ3) is 5.48. The topological polar surface area (TPSA) is 59.5 Å². The third-order valence-corrected chi connectivity index (χ3v) is 5.58. The molecule has 5 nitrogen and oxygen atoms in total. The first-order valence-electron chi connectivity index (χ1n) is 8.60. The van der Waals surface area contributed by atoms with E-state index in [0.717, 1.165) is 16.1 Å². The zero-order chi connectivity index (χ0) is 19.1. The standard InChI is InChI=1S/C20H20N2O3S2/c1-2-22(11-15-6-4-3-5-7-15)18(23)12-25-19(24)10-17-14-27-20(21-17)16-8-9-26-13-16/h3-9,13-14H,2,10-12H2,1H3. The number of hydrogen-bond donors (Lipinski definition) is 0. The van der Waals surface area contributed by atoms with Gasteiger partial charge in [0.05, 0.1) is 12.1 Å². The monoisotopic (exact) mass is 400 g/mol. The quantitative estimate of drug-likeness (QED) is 0.536. The van der Waals surface area contributed by atoms with Crippen molar-refractivity contribution < 1.29 is 14.3 Å². The zero-order valence-corrected chi connectivity index (χ0v) is 16.6. The summed E-state index contributed by atoms with van der Waals surface area (Å²) in [5.74, 6) is -0.645. The first-order valence-corrected chi connectivity index (χ1v) is 10.4. The highest BCUT2D eigenvalue weighted by molar-refractivity contribution is 7.14. The summed E-state index contributed by atoms with van der Waals surface area (Å²) in [7, 11) is 0. The first kappa shape index (κ1) is 19.3. The molecule has 0 spiro atoms. The minimum Gasteiger partial charge on any atom is -0.455 e. The van der Waals surface area contributed by atoms with E-state index >= 15 is 0 Å². The molecule has 0 fully saturated rings. The van der Waals surface area contributed by atoms with Gasteiger partial charge in [0.15, 0.2) is 6.61 Å². The normalized spacial score (nSPS) is 10.6. The van der Waals surface area contributed by atoms with Crippen molar-refractivity contribution in [1.29, 1.82) is 0 Å². The van der Waals surface area contributed by atoms with Crippen LogP contribution in [0.5, 0.6) is 0 Å². The zero-order valence-electron chi connectivity index (χ0n) is 15.0. The van der Waals surface area contributed by atoms with Crippen molar-refractivity contribution >= 4 is 34.6 Å². The van der Waals surface area contributed by atoms with Gasteiger partial charge >= 0.3 is 5.97 Å². The Labute approximate surface area is 166 Å². The van der Waals surface area contributed by atoms with E-state index < -0.39 is 5.97 Å². The summed E-state index contributed by atoms with van der Waals surface area (Å²) >= 11 is 3.10. The molecule has 0 unspecified atom stereocenters. The summed E-state index contributed by atoms with van der Waals surface area (Å²) in [4.78, 5) is 30.5. The molecule has 7 heteroatoms. The van der Waals surface area contributed by atoms with E-state index in [1.807, 2.05) is 59.5 Å². The summed E-state index contributed by atoms with van der Waals surface area (Å²) in [6, 6.07) is 11.7. The van der Waals surface area contributed by atoms with Crippen molar-refractivity contribution in [2.24, 2.45) is 0 Å². The molecule has 27 heavy (non-hydrogen) atoms. The van der Waals surface area contributed by atoms with Crippen LogP contribution in [0, 0.1) is 0 Å². The Balaban J connectivity index is 1.48. The van der Waals surface area contributed by atoms with Crippen LogP contribution in [0.4, 0.5) is 0 Å². The van der Waals surface area contributed by atoms with Crippen LogP contribution in [0.2, 0.25) is 0 Å². The molecule has 2 aromatic heterocycles. The first-order chi connectivity index (χ1) is 13.2. The maximum absolute atomic E-state index is 12.3. The van der Waals surface area contributed by atoms with Crippen LogP contribution in [0.15, 0.2) is 52.5 Å². The van der Waals surface area contributed by atoms with Gasteiger partial charge in [-0.3, -0.25) is 9.59 Å². The second kappa shape index (κ2) is 9.43. The highest BCUT2D eigenvalue weighted by Gasteiger charge is 2.16. The van der Waals surface area contributed by atoms with E-state index in [9.17, 15) is 9.59 Å². The van der Waals surface area contributed by atoms with Crippen molar-refractivity contribution in [3.05, 3.63) is 63.8 Å². The number of hydrogen-bond acceptors (Lipinski definition) is 6. The minimum atomic E-state index is -0.443. The number of nitrogens with zero attached hydrogens (tertiary/aromatic N) is 2. The largest absolute Gasteiger partial charge is 0.455 e. The number of carbonyl (C=O) groups is 2. The van der Waals surface area contributed by atoms with E-state index in [1.54, 1.807) is 16.2 Å². The summed E-state index contributed by atoms with van der Waals surface area (Å²) in [5.41, 5.74) is 2.76. The predicted molar refractivity (Wildman–Crippen MR) is 108 cm³/mol. The molecule has 0 saturated carbocycles. The highest BCUT2D eigenvalue weighted by Crippen LogP contribution is 2.25. The number of amides is 1. The number of ether oxygens (including phenoxy) is 1. The Hall–Kier alpha value is -2.51. The van der Waals surface area contributed by atoms with Gasteiger partial charge in [0, 0.05) is 29.4 Å². The molecule has 3 rings (SSSR count). The van der Waals surface area contributed by atoms with Crippen LogP contribution in [0.3, 0.4) is 0 Å². The van der Waals surface area contributed by atoms with Gasteiger partial charge in [-0.15, -0.1) is 11.3 Å². The molecule has 0 aliphatic carbocycles. The number of carbonyl (C=O) groups excluding carboxylic acids is 2. The number of thiophene rings is 1. The maximum Gasteiger partial charge on any atom is 0.312 e. The molecular weight excluding hydrogens is 380 g/mol. The summed E-state index contributed by atoms with van der Waals surface area (Å²) in [5, 5.41) is 6.75. The van der Waals surface area contributed by atoms with E-state index in [2.05, 4.69) is 4.98 Å². The van der Waals surface area contributed by atoms with Crippen LogP contribution in [0.1, 0.15) is 18.2 Å². The molecule has 0 saturated heterocycles. The van der Waals surface area contributed by atoms with Crippen molar-refractivity contribution in [2.75, 3.05) is 13.2 Å². The number of aromatic nitrogens is 1. The van der Waals surface area contributed by atoms with Gasteiger partial charge in [-0.1, -0.05) is 30.3 Å². The fraction of sp³-hybridized carbons (Fsp3) is 0.250. The van der Waals surface area contributed by atoms with Crippen molar-refractivity contribution in [2.45, 2.75) is 19.9 Å². The molecular formula is C20H20N2O3S2. The molecule has 0 aliphatic heterocycles. The second-order valence-corrected chi connectivity index (χ2v) is 7.53. The average Bonchev–Trinajstić information content (AvgIpc) is 3.36. The van der Waals surface area contributed by atoms with E-state index in [-0.39, 0.29) is 18.9 Å². The Morgan fingerprint density at radius 2 is 1.96 bits per heavy atom. The lowest BCUT2D eigenvalue weighted by molar-refractivity contribution is -0.151. The van der Waals surface area contributed by atoms with Gasteiger partial charge in [0.1, 0.15) is 5.01 Å². The number of likely N-dealkylation sites (N-methyl/N-ethyl adjacent to an activating group) is 1. The van der Waals surface area contributed by atoms with Crippen LogP contribution < -0.4 is 0 Å². The molecule has 0 aliphatic rings. The molecule has 0 N–H and O–H groups in total. The van der Waals surface area contributed by atoms with Gasteiger partial charge in [-0.25, -0.2) is 4.98 Å². The molecule has 0 radical (unpaired) electrons. The highest BCUT2D eigenvalue weighted by atomic mass is 32.1. The van der Waals surface area contributed by atoms with Gasteiger partial charge in [-0.05, 0) is 23.9 Å². The molecule has 1 amide bonds. The Morgan fingerprint density at radius 3 is 2.67 bits per heavy atom. The van der Waals surface area contributed by atoms with Crippen molar-refractivity contribution in [3.8, 4) is 10.6 Å². The molecule has 0 atom stereocenters. The lowest BCUT2D eigenvalue weighted by Gasteiger charge is -2.20. The van der Waals surface area contributed by atoms with Crippen molar-refractivity contribution in [1.82, 2.24) is 9.88 Å². The van der Waals surface area contributed by atoms with E-state index in [1.165, 1.54) is 11.3 Å². The summed E-state index contributed by atoms with van der Waals surface area (Å²) < 4.78 is 5.16. The minimum absolute atomic E-state index is 0.0682. The number of rotatable bonds is 8. The summed E-state index contributed by atoms with van der Waals surface area (Å²) in [6.07, 6.45) is 0.0682. The maximum atomic E-state index is 12.3. The van der Waals surface area contributed by atoms with Crippen LogP contribution in [-0.2, 0) is 27.3 Å².